The number of methoxy groups -OCH3 is 2. The zero-order chi connectivity index (χ0) is 36.3. The van der Waals surface area contributed by atoms with Crippen molar-refractivity contribution in [1.82, 2.24) is 14.5 Å². The number of aromatic nitrogens is 2. The first-order valence-corrected chi connectivity index (χ1v) is 17.8. The highest BCUT2D eigenvalue weighted by molar-refractivity contribution is 7.39. The highest BCUT2D eigenvalue weighted by Gasteiger charge is 2.43. The molecule has 0 saturated carbocycles. The minimum absolute atomic E-state index is 0.0611. The summed E-state index contributed by atoms with van der Waals surface area (Å²) in [5.41, 5.74) is 0.469. The molecule has 13 heteroatoms. The van der Waals surface area contributed by atoms with Gasteiger partial charge in [-0.25, -0.2) is 4.79 Å². The third-order valence-electron chi connectivity index (χ3n) is 8.85. The molecular weight excluding hydrogens is 661 g/mol. The van der Waals surface area contributed by atoms with Crippen LogP contribution < -0.4 is 20.7 Å². The summed E-state index contributed by atoms with van der Waals surface area (Å²) in [6.45, 7) is 11.6. The predicted octanol–water partition coefficient (Wildman–Crippen LogP) is 5.10. The molecule has 0 radical (unpaired) electrons. The molecule has 3 atom stereocenters. The maximum Gasteiger partial charge on any atom is 0.330 e. The van der Waals surface area contributed by atoms with Crippen LogP contribution in [0, 0.1) is 6.92 Å². The van der Waals surface area contributed by atoms with E-state index >= 15 is 0 Å². The summed E-state index contributed by atoms with van der Waals surface area (Å²) in [7, 11) is 0.459. The van der Waals surface area contributed by atoms with E-state index in [4.69, 9.17) is 23.5 Å². The number of nitrogens with one attached hydrogen (secondary N) is 1. The molecule has 0 bridgehead atoms. The van der Waals surface area contributed by atoms with Crippen LogP contribution in [-0.2, 0) is 19.6 Å². The summed E-state index contributed by atoms with van der Waals surface area (Å²) in [4.78, 5) is 48.7. The highest BCUT2D eigenvalue weighted by Crippen LogP contribution is 2.44. The van der Waals surface area contributed by atoms with Gasteiger partial charge in [-0.15, -0.1) is 0 Å². The average Bonchev–Trinajstić information content (AvgIpc) is 3.53. The molecule has 0 unspecified atom stereocenters. The van der Waals surface area contributed by atoms with E-state index in [-0.39, 0.29) is 13.0 Å². The van der Waals surface area contributed by atoms with Crippen molar-refractivity contribution in [3.05, 3.63) is 128 Å². The molecule has 1 saturated heterocycles. The predicted molar refractivity (Wildman–Crippen MR) is 193 cm³/mol. The van der Waals surface area contributed by atoms with Crippen LogP contribution in [0.1, 0.15) is 55.7 Å². The number of benzene rings is 3. The number of ether oxygens (including phenoxy) is 4. The van der Waals surface area contributed by atoms with Crippen LogP contribution in [0.25, 0.3) is 0 Å². The Kier molecular flexibility index (Phi) is 14.3. The Morgan fingerprint density at radius 2 is 1.38 bits per heavy atom. The van der Waals surface area contributed by atoms with Crippen molar-refractivity contribution in [2.75, 3.05) is 40.5 Å². The van der Waals surface area contributed by atoms with Gasteiger partial charge in [0, 0.05) is 18.2 Å². The van der Waals surface area contributed by atoms with E-state index in [1.54, 1.807) is 21.1 Å². The van der Waals surface area contributed by atoms with Gasteiger partial charge in [-0.2, -0.15) is 0 Å². The highest BCUT2D eigenvalue weighted by atomic mass is 31.2. The number of H-pyrrole nitrogens is 1. The summed E-state index contributed by atoms with van der Waals surface area (Å²) in [6.07, 6.45) is -0.957. The fourth-order valence-corrected chi connectivity index (χ4v) is 6.47. The second-order valence-electron chi connectivity index (χ2n) is 11.7. The zero-order valence-electron chi connectivity index (χ0n) is 29.4. The average molecular weight is 710 g/mol. The molecule has 5 rings (SSSR count). The molecular formula is C37H48N3O9P. The summed E-state index contributed by atoms with van der Waals surface area (Å²) in [6, 6.07) is 24.8. The lowest BCUT2D eigenvalue weighted by atomic mass is 9.80. The third-order valence-corrected chi connectivity index (χ3v) is 9.30. The van der Waals surface area contributed by atoms with E-state index in [1.807, 2.05) is 78.9 Å². The Morgan fingerprint density at radius 3 is 1.84 bits per heavy atom. The lowest BCUT2D eigenvalue weighted by Gasteiger charge is -2.37. The molecule has 3 N–H and O–H groups in total. The lowest BCUT2D eigenvalue weighted by Crippen LogP contribution is -2.38. The van der Waals surface area contributed by atoms with Crippen molar-refractivity contribution in [2.24, 2.45) is 0 Å². The first-order chi connectivity index (χ1) is 24.1. The number of hydrogen-bond acceptors (Lipinski definition) is 10. The van der Waals surface area contributed by atoms with Gasteiger partial charge >= 0.3 is 14.3 Å². The molecule has 3 aromatic carbocycles. The second-order valence-corrected chi connectivity index (χ2v) is 12.4. The van der Waals surface area contributed by atoms with E-state index < -0.39 is 43.9 Å². The number of aromatic amines is 1. The van der Waals surface area contributed by atoms with Crippen LogP contribution in [0.5, 0.6) is 11.5 Å². The molecule has 1 fully saturated rings. The van der Waals surface area contributed by atoms with Gasteiger partial charge in [-0.3, -0.25) is 14.3 Å². The molecule has 12 nitrogen and oxygen atoms in total. The molecule has 0 aliphatic carbocycles. The van der Waals surface area contributed by atoms with Crippen LogP contribution in [-0.4, -0.2) is 76.9 Å². The largest absolute Gasteiger partial charge is 0.497 e. The third kappa shape index (κ3) is 9.26. The van der Waals surface area contributed by atoms with Crippen molar-refractivity contribution < 1.29 is 33.3 Å². The number of aryl methyl sites for hydroxylation is 1. The number of hydrogen-bond donors (Lipinski definition) is 3. The molecule has 270 valence electrons. The van der Waals surface area contributed by atoms with E-state index in [0.29, 0.717) is 17.1 Å². The maximum absolute atomic E-state index is 12.6. The molecule has 50 heavy (non-hydrogen) atoms. The molecule has 0 spiro atoms. The number of nitrogens with zero attached hydrogens (tertiary/aromatic N) is 2. The van der Waals surface area contributed by atoms with Crippen molar-refractivity contribution in [1.29, 1.82) is 0 Å². The Balaban J connectivity index is 0.000000727. The SMILES string of the molecule is CCN(CC)CC.COc1ccc(C(OC[C@H]2O[C@@H](n3cc(C)c(=O)[nH]c3=O)C[C@@H]2OP(O)O)(c2ccccc2)c2ccc(OC)cc2)cc1. The zero-order valence-corrected chi connectivity index (χ0v) is 30.3. The van der Waals surface area contributed by atoms with Gasteiger partial charge in [0.15, 0.2) is 0 Å². The van der Waals surface area contributed by atoms with Crippen molar-refractivity contribution in [3.63, 3.8) is 0 Å². The second kappa shape index (κ2) is 18.4. The van der Waals surface area contributed by atoms with Gasteiger partial charge < -0.3 is 38.2 Å². The fourth-order valence-electron chi connectivity index (χ4n) is 6.01. The van der Waals surface area contributed by atoms with Gasteiger partial charge in [-0.1, -0.05) is 75.4 Å². The van der Waals surface area contributed by atoms with E-state index in [9.17, 15) is 19.4 Å². The fraction of sp³-hybridized carbons (Fsp3) is 0.405. The molecule has 1 aliphatic rings. The smallest absolute Gasteiger partial charge is 0.330 e. The van der Waals surface area contributed by atoms with Crippen molar-refractivity contribution in [2.45, 2.75) is 58.2 Å². The van der Waals surface area contributed by atoms with E-state index in [0.717, 1.165) is 16.7 Å². The molecule has 1 aromatic heterocycles. The van der Waals surface area contributed by atoms with Gasteiger partial charge in [0.1, 0.15) is 29.4 Å². The Hall–Kier alpha value is -3.87. The summed E-state index contributed by atoms with van der Waals surface area (Å²) < 4.78 is 30.7. The minimum atomic E-state index is -2.74. The van der Waals surface area contributed by atoms with E-state index in [1.165, 1.54) is 30.4 Å². The number of rotatable bonds is 14. The topological polar surface area (TPSA) is 145 Å². The Bertz CT molecular complexity index is 1670. The van der Waals surface area contributed by atoms with Crippen LogP contribution >= 0.6 is 8.60 Å². The molecule has 1 aliphatic heterocycles. The van der Waals surface area contributed by atoms with Gasteiger partial charge in [0.2, 0.25) is 0 Å². The van der Waals surface area contributed by atoms with Crippen LogP contribution in [0.4, 0.5) is 0 Å². The van der Waals surface area contributed by atoms with Crippen molar-refractivity contribution >= 4 is 8.60 Å². The monoisotopic (exact) mass is 709 g/mol. The Morgan fingerprint density at radius 1 is 0.860 bits per heavy atom. The van der Waals surface area contributed by atoms with Gasteiger partial charge in [-0.05, 0) is 67.5 Å². The van der Waals surface area contributed by atoms with Gasteiger partial charge in [0.05, 0.1) is 26.9 Å². The summed E-state index contributed by atoms with van der Waals surface area (Å²) in [5.74, 6) is 1.36. The van der Waals surface area contributed by atoms with Crippen LogP contribution in [0.2, 0.25) is 0 Å². The summed E-state index contributed by atoms with van der Waals surface area (Å²) in [5, 5.41) is 0. The normalized spacial score (nSPS) is 17.4. The van der Waals surface area contributed by atoms with Gasteiger partial charge in [0.25, 0.3) is 5.56 Å². The first-order valence-electron chi connectivity index (χ1n) is 16.6. The summed E-state index contributed by atoms with van der Waals surface area (Å²) >= 11 is 0. The standard InChI is InChI=1S/C31H33N2O9P.C6H15N/c1-20-18-33(30(35)32-29(20)34)28-17-26(42-43(36)37)27(41-28)19-40-31(21-7-5-4-6-8-21,22-9-13-24(38-2)14-10-22)23-11-15-25(39-3)16-12-23;1-4-7(5-2)6-3/h4-16,18,26-28,36-37H,17,19H2,1-3H3,(H,32,34,35);4-6H2,1-3H3/t26-,27+,28+;/m0./s1. The first kappa shape index (κ1) is 38.9. The van der Waals surface area contributed by atoms with Crippen LogP contribution in [0.3, 0.4) is 0 Å². The Labute approximate surface area is 294 Å². The minimum Gasteiger partial charge on any atom is -0.497 e. The quantitative estimate of drug-likeness (QED) is 0.119. The van der Waals surface area contributed by atoms with E-state index in [2.05, 4.69) is 30.7 Å². The maximum atomic E-state index is 12.6. The molecule has 4 aromatic rings. The van der Waals surface area contributed by atoms with Crippen molar-refractivity contribution in [3.8, 4) is 11.5 Å². The lowest BCUT2D eigenvalue weighted by molar-refractivity contribution is -0.0923. The molecule has 2 heterocycles. The molecule has 0 amide bonds. The van der Waals surface area contributed by atoms with Crippen LogP contribution in [0.15, 0.2) is 94.6 Å².